The van der Waals surface area contributed by atoms with E-state index in [1.807, 2.05) is 6.92 Å². The zero-order valence-electron chi connectivity index (χ0n) is 13.0. The third-order valence-electron chi connectivity index (χ3n) is 4.42. The average molecular weight is 326 g/mol. The van der Waals surface area contributed by atoms with Gasteiger partial charge in [0.05, 0.1) is 13.2 Å². The van der Waals surface area contributed by atoms with Crippen LogP contribution in [0.15, 0.2) is 18.2 Å². The van der Waals surface area contributed by atoms with Crippen LogP contribution < -0.4 is 5.32 Å². The third-order valence-corrected chi connectivity index (χ3v) is 4.42. The van der Waals surface area contributed by atoms with Gasteiger partial charge in [-0.3, -0.25) is 0 Å². The Bertz CT molecular complexity index is 570. The fraction of sp³-hybridized carbons (Fsp3) is 0.562. The van der Waals surface area contributed by atoms with E-state index in [1.165, 1.54) is 0 Å². The number of likely N-dealkylation sites (tertiary alicyclic amines) is 1. The largest absolute Gasteiger partial charge is 0.347 e. The molecule has 2 heterocycles. The number of nitrogens with one attached hydrogen (secondary N) is 1. The second-order valence-corrected chi connectivity index (χ2v) is 6.09. The van der Waals surface area contributed by atoms with Crippen molar-refractivity contribution in [3.05, 3.63) is 29.8 Å². The predicted octanol–water partition coefficient (Wildman–Crippen LogP) is 2.97. The summed E-state index contributed by atoms with van der Waals surface area (Å²) in [4.78, 5) is 14.0. The number of hydrogen-bond donors (Lipinski definition) is 1. The van der Waals surface area contributed by atoms with Crippen LogP contribution in [-0.4, -0.2) is 43.0 Å². The van der Waals surface area contributed by atoms with E-state index in [1.54, 1.807) is 4.90 Å². The second-order valence-electron chi connectivity index (χ2n) is 6.09. The van der Waals surface area contributed by atoms with Gasteiger partial charge < -0.3 is 19.7 Å². The summed E-state index contributed by atoms with van der Waals surface area (Å²) in [5, 5.41) is 2.54. The SMILES string of the molecule is CC1([C@H]2CCCN(C(=O)Nc3cc(F)cc(F)c3)C2)OCCO1. The highest BCUT2D eigenvalue weighted by molar-refractivity contribution is 5.89. The Morgan fingerprint density at radius 2 is 1.91 bits per heavy atom. The summed E-state index contributed by atoms with van der Waals surface area (Å²) in [6.07, 6.45) is 1.74. The number of piperidine rings is 1. The monoisotopic (exact) mass is 326 g/mol. The van der Waals surface area contributed by atoms with Crippen LogP contribution >= 0.6 is 0 Å². The molecule has 1 aromatic rings. The molecule has 23 heavy (non-hydrogen) atoms. The minimum absolute atomic E-state index is 0.0775. The van der Waals surface area contributed by atoms with Gasteiger partial charge in [0.1, 0.15) is 11.6 Å². The lowest BCUT2D eigenvalue weighted by molar-refractivity contribution is -0.189. The van der Waals surface area contributed by atoms with Crippen molar-refractivity contribution >= 4 is 11.7 Å². The highest BCUT2D eigenvalue weighted by Crippen LogP contribution is 2.34. The number of ether oxygens (including phenoxy) is 2. The molecule has 0 bridgehead atoms. The van der Waals surface area contributed by atoms with E-state index in [0.717, 1.165) is 31.0 Å². The molecule has 0 radical (unpaired) electrons. The van der Waals surface area contributed by atoms with Crippen molar-refractivity contribution in [2.75, 3.05) is 31.6 Å². The number of nitrogens with zero attached hydrogens (tertiary/aromatic N) is 1. The Morgan fingerprint density at radius 3 is 2.57 bits per heavy atom. The number of amides is 2. The van der Waals surface area contributed by atoms with E-state index < -0.39 is 17.4 Å². The molecule has 1 atom stereocenters. The summed E-state index contributed by atoms with van der Waals surface area (Å²) < 4.78 is 37.8. The number of halogens is 2. The van der Waals surface area contributed by atoms with Crippen molar-refractivity contribution in [1.82, 2.24) is 4.90 Å². The molecular formula is C16H20F2N2O3. The van der Waals surface area contributed by atoms with Crippen LogP contribution in [0.2, 0.25) is 0 Å². The molecule has 7 heteroatoms. The molecule has 2 fully saturated rings. The number of anilines is 1. The van der Waals surface area contributed by atoms with Gasteiger partial charge in [0.25, 0.3) is 0 Å². The van der Waals surface area contributed by atoms with Gasteiger partial charge in [-0.25, -0.2) is 13.6 Å². The van der Waals surface area contributed by atoms with Crippen LogP contribution in [0.5, 0.6) is 0 Å². The minimum atomic E-state index is -0.725. The molecular weight excluding hydrogens is 306 g/mol. The standard InChI is InChI=1S/C16H20F2N2O3/c1-16(22-5-6-23-16)11-3-2-4-20(10-11)15(21)19-14-8-12(17)7-13(18)9-14/h7-9,11H,2-6,10H2,1H3,(H,19,21)/t11-/m0/s1. The van der Waals surface area contributed by atoms with E-state index >= 15 is 0 Å². The topological polar surface area (TPSA) is 50.8 Å². The van der Waals surface area contributed by atoms with Crippen LogP contribution in [-0.2, 0) is 9.47 Å². The molecule has 1 N–H and O–H groups in total. The maximum atomic E-state index is 13.2. The lowest BCUT2D eigenvalue weighted by Crippen LogP contribution is -2.49. The van der Waals surface area contributed by atoms with Gasteiger partial charge in [-0.2, -0.15) is 0 Å². The highest BCUT2D eigenvalue weighted by atomic mass is 19.1. The number of benzene rings is 1. The van der Waals surface area contributed by atoms with Crippen molar-refractivity contribution < 1.29 is 23.0 Å². The van der Waals surface area contributed by atoms with E-state index in [4.69, 9.17) is 9.47 Å². The van der Waals surface area contributed by atoms with Crippen LogP contribution in [0.25, 0.3) is 0 Å². The van der Waals surface area contributed by atoms with E-state index in [9.17, 15) is 13.6 Å². The zero-order valence-corrected chi connectivity index (χ0v) is 13.0. The molecule has 0 saturated carbocycles. The molecule has 0 aromatic heterocycles. The molecule has 0 spiro atoms. The summed E-state index contributed by atoms with van der Waals surface area (Å²) in [6, 6.07) is 2.57. The molecule has 2 amide bonds. The molecule has 126 valence electrons. The van der Waals surface area contributed by atoms with Crippen molar-refractivity contribution in [1.29, 1.82) is 0 Å². The van der Waals surface area contributed by atoms with Gasteiger partial charge >= 0.3 is 6.03 Å². The summed E-state index contributed by atoms with van der Waals surface area (Å²) in [7, 11) is 0. The Kier molecular flexibility index (Phi) is 4.50. The normalized spacial score (nSPS) is 23.8. The molecule has 2 aliphatic rings. The van der Waals surface area contributed by atoms with Crippen molar-refractivity contribution in [2.24, 2.45) is 5.92 Å². The van der Waals surface area contributed by atoms with Gasteiger partial charge in [0.2, 0.25) is 0 Å². The van der Waals surface area contributed by atoms with Gasteiger partial charge in [-0.1, -0.05) is 0 Å². The van der Waals surface area contributed by atoms with Crippen LogP contribution in [0, 0.1) is 17.6 Å². The molecule has 1 aromatic carbocycles. The van der Waals surface area contributed by atoms with Gasteiger partial charge in [0.15, 0.2) is 5.79 Å². The maximum absolute atomic E-state index is 13.2. The molecule has 3 rings (SSSR count). The minimum Gasteiger partial charge on any atom is -0.347 e. The summed E-state index contributed by atoms with van der Waals surface area (Å²) in [5.74, 6) is -2.04. The second kappa shape index (κ2) is 6.41. The van der Waals surface area contributed by atoms with Gasteiger partial charge in [-0.15, -0.1) is 0 Å². The number of carbonyl (C=O) groups excluding carboxylic acids is 1. The first-order valence-electron chi connectivity index (χ1n) is 7.76. The number of rotatable bonds is 2. The van der Waals surface area contributed by atoms with Crippen LogP contribution in [0.1, 0.15) is 19.8 Å². The van der Waals surface area contributed by atoms with Crippen molar-refractivity contribution in [3.63, 3.8) is 0 Å². The Hall–Kier alpha value is -1.73. The predicted molar refractivity (Wildman–Crippen MR) is 80.0 cm³/mol. The quantitative estimate of drug-likeness (QED) is 0.909. The Balaban J connectivity index is 1.65. The highest BCUT2D eigenvalue weighted by Gasteiger charge is 2.42. The molecule has 5 nitrogen and oxygen atoms in total. The third kappa shape index (κ3) is 3.61. The zero-order chi connectivity index (χ0) is 16.4. The summed E-state index contributed by atoms with van der Waals surface area (Å²) >= 11 is 0. The van der Waals surface area contributed by atoms with Gasteiger partial charge in [0, 0.05) is 30.8 Å². The smallest absolute Gasteiger partial charge is 0.321 e. The Morgan fingerprint density at radius 1 is 1.26 bits per heavy atom. The van der Waals surface area contributed by atoms with Crippen LogP contribution in [0.3, 0.4) is 0 Å². The lowest BCUT2D eigenvalue weighted by atomic mass is 9.90. The fourth-order valence-electron chi connectivity index (χ4n) is 3.18. The number of urea groups is 1. The van der Waals surface area contributed by atoms with E-state index in [-0.39, 0.29) is 17.6 Å². The summed E-state index contributed by atoms with van der Waals surface area (Å²) in [5.41, 5.74) is 0.106. The van der Waals surface area contributed by atoms with Gasteiger partial charge in [-0.05, 0) is 31.9 Å². The maximum Gasteiger partial charge on any atom is 0.321 e. The Labute approximate surface area is 133 Å². The lowest BCUT2D eigenvalue weighted by Gasteiger charge is -2.39. The first-order chi connectivity index (χ1) is 11.0. The summed E-state index contributed by atoms with van der Waals surface area (Å²) in [6.45, 7) is 4.09. The van der Waals surface area contributed by atoms with Crippen molar-refractivity contribution in [2.45, 2.75) is 25.6 Å². The number of carbonyl (C=O) groups is 1. The first-order valence-corrected chi connectivity index (χ1v) is 7.76. The van der Waals surface area contributed by atoms with E-state index in [2.05, 4.69) is 5.32 Å². The molecule has 0 aliphatic carbocycles. The van der Waals surface area contributed by atoms with E-state index in [0.29, 0.717) is 26.3 Å². The molecule has 2 aliphatic heterocycles. The van der Waals surface area contributed by atoms with Crippen molar-refractivity contribution in [3.8, 4) is 0 Å². The van der Waals surface area contributed by atoms with Crippen LogP contribution in [0.4, 0.5) is 19.3 Å². The first kappa shape index (κ1) is 16.1. The number of hydrogen-bond acceptors (Lipinski definition) is 3. The molecule has 0 unspecified atom stereocenters. The average Bonchev–Trinajstić information content (AvgIpc) is 2.94. The fourth-order valence-corrected chi connectivity index (χ4v) is 3.18. The molecule has 2 saturated heterocycles.